The summed E-state index contributed by atoms with van der Waals surface area (Å²) in [6.07, 6.45) is 4.85. The number of nitrogens with zero attached hydrogens (tertiary/aromatic N) is 2. The van der Waals surface area contributed by atoms with Gasteiger partial charge in [0.15, 0.2) is 0 Å². The first-order chi connectivity index (χ1) is 7.15. The number of hydrogen-bond acceptors (Lipinski definition) is 3. The molecule has 0 fully saturated rings. The Morgan fingerprint density at radius 2 is 2.00 bits per heavy atom. The third-order valence-electron chi connectivity index (χ3n) is 2.40. The van der Waals surface area contributed by atoms with Crippen LogP contribution >= 0.6 is 0 Å². The summed E-state index contributed by atoms with van der Waals surface area (Å²) in [5.41, 5.74) is 2.01. The van der Waals surface area contributed by atoms with E-state index in [1.165, 1.54) is 0 Å². The lowest BCUT2D eigenvalue weighted by Gasteiger charge is -2.21. The number of hydrogen-bond donors (Lipinski definition) is 1. The number of aromatic nitrogens is 2. The van der Waals surface area contributed by atoms with E-state index in [4.69, 9.17) is 0 Å². The molecule has 0 bridgehead atoms. The third kappa shape index (κ3) is 3.59. The Bertz CT molecular complexity index is 279. The maximum Gasteiger partial charge on any atom is 0.0758 e. The maximum absolute atomic E-state index is 4.43. The molecule has 0 spiro atoms. The Labute approximate surface area is 92.3 Å². The Morgan fingerprint density at radius 3 is 2.47 bits per heavy atom. The fraction of sp³-hybridized carbons (Fsp3) is 0.667. The molecule has 0 saturated heterocycles. The molecule has 1 heterocycles. The van der Waals surface area contributed by atoms with E-state index in [9.17, 15) is 0 Å². The average Bonchev–Trinajstić information content (AvgIpc) is 2.21. The molecule has 1 unspecified atom stereocenters. The third-order valence-corrected chi connectivity index (χ3v) is 2.40. The van der Waals surface area contributed by atoms with Gasteiger partial charge in [0.2, 0.25) is 0 Å². The van der Waals surface area contributed by atoms with Crippen molar-refractivity contribution in [3.05, 3.63) is 23.8 Å². The van der Waals surface area contributed by atoms with Crippen LogP contribution in [0.1, 0.15) is 44.6 Å². The Balaban J connectivity index is 2.74. The minimum Gasteiger partial charge on any atom is -0.308 e. The van der Waals surface area contributed by atoms with E-state index in [0.29, 0.717) is 12.0 Å². The summed E-state index contributed by atoms with van der Waals surface area (Å²) in [6, 6.07) is 0.318. The van der Waals surface area contributed by atoms with Gasteiger partial charge in [-0.05, 0) is 25.8 Å². The van der Waals surface area contributed by atoms with Crippen LogP contribution in [0.2, 0.25) is 0 Å². The summed E-state index contributed by atoms with van der Waals surface area (Å²) in [5.74, 6) is 0.536. The monoisotopic (exact) mass is 207 g/mol. The van der Waals surface area contributed by atoms with Crippen LogP contribution in [0.4, 0.5) is 0 Å². The van der Waals surface area contributed by atoms with Crippen LogP contribution in [0, 0.1) is 12.8 Å². The van der Waals surface area contributed by atoms with Gasteiger partial charge in [-0.3, -0.25) is 9.97 Å². The lowest BCUT2D eigenvalue weighted by Crippen LogP contribution is -2.27. The predicted octanol–water partition coefficient (Wildman–Crippen LogP) is 2.48. The number of nitrogens with one attached hydrogen (secondary N) is 1. The summed E-state index contributed by atoms with van der Waals surface area (Å²) in [7, 11) is 0. The molecule has 0 aliphatic rings. The fourth-order valence-electron chi connectivity index (χ4n) is 1.54. The Hall–Kier alpha value is -0.960. The Kier molecular flexibility index (Phi) is 4.69. The van der Waals surface area contributed by atoms with Gasteiger partial charge in [-0.25, -0.2) is 0 Å². The van der Waals surface area contributed by atoms with E-state index >= 15 is 0 Å². The molecule has 15 heavy (non-hydrogen) atoms. The molecule has 3 nitrogen and oxygen atoms in total. The van der Waals surface area contributed by atoms with Crippen molar-refractivity contribution < 1.29 is 0 Å². The van der Waals surface area contributed by atoms with Gasteiger partial charge in [0, 0.05) is 6.20 Å². The normalized spacial score (nSPS) is 13.1. The first-order valence-electron chi connectivity index (χ1n) is 5.67. The zero-order valence-corrected chi connectivity index (χ0v) is 10.1. The molecule has 1 N–H and O–H groups in total. The van der Waals surface area contributed by atoms with Gasteiger partial charge in [0.05, 0.1) is 23.6 Å². The van der Waals surface area contributed by atoms with Crippen molar-refractivity contribution in [3.8, 4) is 0 Å². The van der Waals surface area contributed by atoms with E-state index in [1.54, 1.807) is 0 Å². The molecule has 3 heteroatoms. The van der Waals surface area contributed by atoms with Gasteiger partial charge in [-0.15, -0.1) is 0 Å². The van der Waals surface area contributed by atoms with E-state index in [-0.39, 0.29) is 0 Å². The van der Waals surface area contributed by atoms with Crippen molar-refractivity contribution in [2.75, 3.05) is 6.54 Å². The van der Waals surface area contributed by atoms with Crippen molar-refractivity contribution >= 4 is 0 Å². The molecule has 1 aromatic heterocycles. The number of rotatable bonds is 5. The van der Waals surface area contributed by atoms with Crippen LogP contribution in [-0.4, -0.2) is 16.5 Å². The molecule has 0 aliphatic carbocycles. The molecule has 0 saturated carbocycles. The molecule has 0 aliphatic heterocycles. The summed E-state index contributed by atoms with van der Waals surface area (Å²) in [6.45, 7) is 9.56. The van der Waals surface area contributed by atoms with Crippen LogP contribution in [0.25, 0.3) is 0 Å². The molecule has 0 aromatic carbocycles. The second-order valence-electron chi connectivity index (χ2n) is 4.26. The quantitative estimate of drug-likeness (QED) is 0.806. The number of aryl methyl sites for hydroxylation is 1. The van der Waals surface area contributed by atoms with E-state index in [1.807, 2.05) is 19.3 Å². The van der Waals surface area contributed by atoms with Crippen molar-refractivity contribution in [2.24, 2.45) is 5.92 Å². The molecular weight excluding hydrogens is 186 g/mol. The lowest BCUT2D eigenvalue weighted by molar-refractivity contribution is 0.403. The highest BCUT2D eigenvalue weighted by atomic mass is 15.0. The van der Waals surface area contributed by atoms with Gasteiger partial charge in [0.1, 0.15) is 0 Å². The molecule has 0 amide bonds. The van der Waals surface area contributed by atoms with Crippen molar-refractivity contribution in [1.82, 2.24) is 15.3 Å². The second kappa shape index (κ2) is 5.81. The van der Waals surface area contributed by atoms with Crippen LogP contribution < -0.4 is 5.32 Å². The van der Waals surface area contributed by atoms with Crippen LogP contribution in [-0.2, 0) is 0 Å². The van der Waals surface area contributed by atoms with Crippen LogP contribution in [0.3, 0.4) is 0 Å². The SMILES string of the molecule is CCCNC(c1cnc(C)cn1)C(C)C. The largest absolute Gasteiger partial charge is 0.308 e. The van der Waals surface area contributed by atoms with Crippen LogP contribution in [0.5, 0.6) is 0 Å². The highest BCUT2D eigenvalue weighted by Crippen LogP contribution is 2.18. The van der Waals surface area contributed by atoms with Gasteiger partial charge in [-0.1, -0.05) is 20.8 Å². The zero-order valence-electron chi connectivity index (χ0n) is 10.1. The summed E-state index contributed by atoms with van der Waals surface area (Å²) < 4.78 is 0. The summed E-state index contributed by atoms with van der Waals surface area (Å²) in [5, 5.41) is 3.50. The molecule has 1 rings (SSSR count). The van der Waals surface area contributed by atoms with E-state index in [2.05, 4.69) is 36.1 Å². The van der Waals surface area contributed by atoms with Crippen molar-refractivity contribution in [3.63, 3.8) is 0 Å². The molecule has 84 valence electrons. The van der Waals surface area contributed by atoms with Crippen molar-refractivity contribution in [1.29, 1.82) is 0 Å². The first-order valence-corrected chi connectivity index (χ1v) is 5.67. The molecule has 1 atom stereocenters. The molecule has 0 radical (unpaired) electrons. The lowest BCUT2D eigenvalue weighted by atomic mass is 10.0. The first kappa shape index (κ1) is 12.1. The predicted molar refractivity (Wildman–Crippen MR) is 62.6 cm³/mol. The van der Waals surface area contributed by atoms with Gasteiger partial charge < -0.3 is 5.32 Å². The average molecular weight is 207 g/mol. The minimum atomic E-state index is 0.318. The minimum absolute atomic E-state index is 0.318. The van der Waals surface area contributed by atoms with Crippen LogP contribution in [0.15, 0.2) is 12.4 Å². The van der Waals surface area contributed by atoms with E-state index < -0.39 is 0 Å². The van der Waals surface area contributed by atoms with Gasteiger partial charge in [-0.2, -0.15) is 0 Å². The summed E-state index contributed by atoms with van der Waals surface area (Å²) >= 11 is 0. The molecular formula is C12H21N3. The summed E-state index contributed by atoms with van der Waals surface area (Å²) in [4.78, 5) is 8.72. The molecule has 1 aromatic rings. The smallest absolute Gasteiger partial charge is 0.0758 e. The Morgan fingerprint density at radius 1 is 1.27 bits per heavy atom. The van der Waals surface area contributed by atoms with Gasteiger partial charge in [0.25, 0.3) is 0 Å². The maximum atomic E-state index is 4.43. The van der Waals surface area contributed by atoms with Gasteiger partial charge >= 0.3 is 0 Å². The van der Waals surface area contributed by atoms with Crippen molar-refractivity contribution in [2.45, 2.75) is 40.2 Å². The second-order valence-corrected chi connectivity index (χ2v) is 4.26. The topological polar surface area (TPSA) is 37.8 Å². The zero-order chi connectivity index (χ0) is 11.3. The fourth-order valence-corrected chi connectivity index (χ4v) is 1.54. The highest BCUT2D eigenvalue weighted by molar-refractivity contribution is 5.06. The highest BCUT2D eigenvalue weighted by Gasteiger charge is 2.15. The van der Waals surface area contributed by atoms with E-state index in [0.717, 1.165) is 24.4 Å². The standard InChI is InChI=1S/C12H21N3/c1-5-6-13-12(9(2)3)11-8-14-10(4)7-15-11/h7-9,12-13H,5-6H2,1-4H3.